The lowest BCUT2D eigenvalue weighted by Crippen LogP contribution is -2.49. The number of benzene rings is 3. The summed E-state index contributed by atoms with van der Waals surface area (Å²) in [7, 11) is 0. The van der Waals surface area contributed by atoms with Gasteiger partial charge in [0.15, 0.2) is 0 Å². The topological polar surface area (TPSA) is 52.7 Å². The van der Waals surface area contributed by atoms with Crippen molar-refractivity contribution >= 4 is 23.3 Å². The fourth-order valence-electron chi connectivity index (χ4n) is 3.54. The maximum atomic E-state index is 13.8. The number of halogens is 1. The van der Waals surface area contributed by atoms with Crippen molar-refractivity contribution in [2.24, 2.45) is 0 Å². The number of nitrogens with one attached hydrogen (secondary N) is 1. The second-order valence-corrected chi connectivity index (χ2v) is 7.18. The lowest BCUT2D eigenvalue weighted by Gasteiger charge is -2.35. The number of urea groups is 1. The fourth-order valence-corrected chi connectivity index (χ4v) is 3.54. The fraction of sp³-hybridized carbons (Fsp3) is 0.167. The molecule has 0 aromatic heterocycles. The average Bonchev–Trinajstić information content (AvgIpc) is 2.77. The van der Waals surface area contributed by atoms with Crippen LogP contribution in [0.15, 0.2) is 78.9 Å². The number of hydrogen-bond donors (Lipinski definition) is 1. The molecule has 1 saturated heterocycles. The third kappa shape index (κ3) is 4.33. The van der Waals surface area contributed by atoms with Crippen LogP contribution in [0.25, 0.3) is 0 Å². The number of nitrogens with zero attached hydrogens (tertiary/aromatic N) is 2. The Bertz CT molecular complexity index is 1060. The Morgan fingerprint density at radius 1 is 0.933 bits per heavy atom. The zero-order chi connectivity index (χ0) is 20.9. The molecule has 30 heavy (non-hydrogen) atoms. The standard InChI is InChI=1S/C24H22FN3O2/c25-21-12-4-5-13-22(21)26-23(29)19-10-6-11-20(16-19)28-15-7-14-27(24(28)30)17-18-8-2-1-3-9-18/h1-6,8-13,16H,7,14-15,17H2,(H,26,29). The summed E-state index contributed by atoms with van der Waals surface area (Å²) in [6.07, 6.45) is 0.838. The van der Waals surface area contributed by atoms with E-state index in [1.54, 1.807) is 35.2 Å². The predicted octanol–water partition coefficient (Wildman–Crippen LogP) is 4.91. The molecule has 1 fully saturated rings. The van der Waals surface area contributed by atoms with Crippen LogP contribution in [0, 0.1) is 5.82 Å². The van der Waals surface area contributed by atoms with Crippen molar-refractivity contribution < 1.29 is 14.0 Å². The molecule has 1 aliphatic heterocycles. The SMILES string of the molecule is O=C(Nc1ccccc1F)c1cccc(N2CCCN(Cc3ccccc3)C2=O)c1. The van der Waals surface area contributed by atoms with Gasteiger partial charge in [-0.3, -0.25) is 9.69 Å². The van der Waals surface area contributed by atoms with Crippen LogP contribution in [0.4, 0.5) is 20.6 Å². The Labute approximate surface area is 174 Å². The van der Waals surface area contributed by atoms with Crippen molar-refractivity contribution in [1.29, 1.82) is 0 Å². The number of carbonyl (C=O) groups excluding carboxylic acids is 2. The molecule has 0 aliphatic carbocycles. The van der Waals surface area contributed by atoms with E-state index in [1.165, 1.54) is 12.1 Å². The molecule has 0 radical (unpaired) electrons. The molecular formula is C24H22FN3O2. The first-order chi connectivity index (χ1) is 14.6. The smallest absolute Gasteiger partial charge is 0.320 e. The lowest BCUT2D eigenvalue weighted by atomic mass is 10.1. The molecule has 0 bridgehead atoms. The minimum Gasteiger partial charge on any atom is -0.320 e. The zero-order valence-electron chi connectivity index (χ0n) is 16.4. The highest BCUT2D eigenvalue weighted by Crippen LogP contribution is 2.23. The molecule has 152 valence electrons. The second kappa shape index (κ2) is 8.78. The zero-order valence-corrected chi connectivity index (χ0v) is 16.4. The lowest BCUT2D eigenvalue weighted by molar-refractivity contribution is 0.102. The van der Waals surface area contributed by atoms with Gasteiger partial charge in [0, 0.05) is 30.9 Å². The largest absolute Gasteiger partial charge is 0.324 e. The third-order valence-electron chi connectivity index (χ3n) is 5.07. The van der Waals surface area contributed by atoms with Crippen molar-refractivity contribution in [2.45, 2.75) is 13.0 Å². The van der Waals surface area contributed by atoms with Gasteiger partial charge in [-0.1, -0.05) is 48.5 Å². The highest BCUT2D eigenvalue weighted by molar-refractivity contribution is 6.05. The molecule has 5 nitrogen and oxygen atoms in total. The summed E-state index contributed by atoms with van der Waals surface area (Å²) in [4.78, 5) is 29.1. The maximum Gasteiger partial charge on any atom is 0.324 e. The van der Waals surface area contributed by atoms with Gasteiger partial charge in [0.1, 0.15) is 5.82 Å². The average molecular weight is 403 g/mol. The maximum absolute atomic E-state index is 13.8. The molecular weight excluding hydrogens is 381 g/mol. The Kier molecular flexibility index (Phi) is 5.75. The molecule has 3 amide bonds. The summed E-state index contributed by atoms with van der Waals surface area (Å²) in [6, 6.07) is 22.7. The number of amides is 3. The number of anilines is 2. The van der Waals surface area contributed by atoms with Crippen LogP contribution in [0.5, 0.6) is 0 Å². The van der Waals surface area contributed by atoms with E-state index in [4.69, 9.17) is 0 Å². The molecule has 0 spiro atoms. The Hall–Kier alpha value is -3.67. The summed E-state index contributed by atoms with van der Waals surface area (Å²) in [5.74, 6) is -0.919. The van der Waals surface area contributed by atoms with Crippen molar-refractivity contribution in [1.82, 2.24) is 4.90 Å². The molecule has 0 saturated carbocycles. The van der Waals surface area contributed by atoms with Crippen molar-refractivity contribution in [3.8, 4) is 0 Å². The summed E-state index contributed by atoms with van der Waals surface area (Å²) in [5.41, 5.74) is 2.21. The molecule has 3 aromatic rings. The van der Waals surface area contributed by atoms with E-state index in [0.717, 1.165) is 12.0 Å². The first kappa shape index (κ1) is 19.6. The van der Waals surface area contributed by atoms with Gasteiger partial charge in [0.2, 0.25) is 0 Å². The van der Waals surface area contributed by atoms with Crippen molar-refractivity contribution in [3.05, 3.63) is 95.8 Å². The van der Waals surface area contributed by atoms with Gasteiger partial charge in [-0.25, -0.2) is 9.18 Å². The summed E-state index contributed by atoms with van der Waals surface area (Å²) in [6.45, 7) is 1.82. The van der Waals surface area contributed by atoms with Crippen LogP contribution in [-0.4, -0.2) is 29.9 Å². The van der Waals surface area contributed by atoms with Crippen LogP contribution in [-0.2, 0) is 6.54 Å². The first-order valence-electron chi connectivity index (χ1n) is 9.88. The van der Waals surface area contributed by atoms with Crippen LogP contribution >= 0.6 is 0 Å². The first-order valence-corrected chi connectivity index (χ1v) is 9.88. The van der Waals surface area contributed by atoms with Crippen molar-refractivity contribution in [3.63, 3.8) is 0 Å². The highest BCUT2D eigenvalue weighted by atomic mass is 19.1. The normalized spacial score (nSPS) is 14.0. The Morgan fingerprint density at radius 2 is 1.70 bits per heavy atom. The number of carbonyl (C=O) groups is 2. The molecule has 1 heterocycles. The van der Waals surface area contributed by atoms with Crippen LogP contribution in [0.1, 0.15) is 22.3 Å². The van der Waals surface area contributed by atoms with E-state index < -0.39 is 11.7 Å². The van der Waals surface area contributed by atoms with E-state index in [9.17, 15) is 14.0 Å². The number of para-hydroxylation sites is 1. The van der Waals surface area contributed by atoms with E-state index in [1.807, 2.05) is 41.3 Å². The van der Waals surface area contributed by atoms with Crippen LogP contribution < -0.4 is 10.2 Å². The van der Waals surface area contributed by atoms with Gasteiger partial charge in [-0.15, -0.1) is 0 Å². The molecule has 1 aliphatic rings. The predicted molar refractivity (Wildman–Crippen MR) is 115 cm³/mol. The molecule has 3 aromatic carbocycles. The van der Waals surface area contributed by atoms with Crippen molar-refractivity contribution in [2.75, 3.05) is 23.3 Å². The Morgan fingerprint density at radius 3 is 2.50 bits per heavy atom. The molecule has 0 atom stereocenters. The van der Waals surface area contributed by atoms with E-state index in [-0.39, 0.29) is 11.7 Å². The van der Waals surface area contributed by atoms with Gasteiger partial charge in [-0.2, -0.15) is 0 Å². The van der Waals surface area contributed by atoms with Gasteiger partial charge >= 0.3 is 6.03 Å². The van der Waals surface area contributed by atoms with E-state index in [2.05, 4.69) is 5.32 Å². The summed E-state index contributed by atoms with van der Waals surface area (Å²) >= 11 is 0. The van der Waals surface area contributed by atoms with Gasteiger partial charge in [0.05, 0.1) is 5.69 Å². The van der Waals surface area contributed by atoms with E-state index >= 15 is 0 Å². The van der Waals surface area contributed by atoms with Crippen LogP contribution in [0.2, 0.25) is 0 Å². The van der Waals surface area contributed by atoms with Crippen LogP contribution in [0.3, 0.4) is 0 Å². The minimum atomic E-state index is -0.496. The van der Waals surface area contributed by atoms with E-state index in [0.29, 0.717) is 30.9 Å². The van der Waals surface area contributed by atoms with Gasteiger partial charge < -0.3 is 10.2 Å². The number of rotatable bonds is 5. The third-order valence-corrected chi connectivity index (χ3v) is 5.07. The molecule has 1 N–H and O–H groups in total. The quantitative estimate of drug-likeness (QED) is 0.658. The van der Waals surface area contributed by atoms with Gasteiger partial charge in [-0.05, 0) is 42.3 Å². The summed E-state index contributed by atoms with van der Waals surface area (Å²) in [5, 5.41) is 2.58. The highest BCUT2D eigenvalue weighted by Gasteiger charge is 2.27. The van der Waals surface area contributed by atoms with Gasteiger partial charge in [0.25, 0.3) is 5.91 Å². The summed E-state index contributed by atoms with van der Waals surface area (Å²) < 4.78 is 13.8. The molecule has 6 heteroatoms. The number of hydrogen-bond acceptors (Lipinski definition) is 2. The monoisotopic (exact) mass is 403 g/mol. The minimum absolute atomic E-state index is 0.0863. The molecule has 0 unspecified atom stereocenters. The molecule has 4 rings (SSSR count). The Balaban J connectivity index is 1.50. The second-order valence-electron chi connectivity index (χ2n) is 7.18.